The van der Waals surface area contributed by atoms with Crippen LogP contribution in [0, 0.1) is 27.7 Å². The van der Waals surface area contributed by atoms with Crippen molar-refractivity contribution in [3.8, 4) is 44.5 Å². The van der Waals surface area contributed by atoms with Gasteiger partial charge in [0.2, 0.25) is 0 Å². The maximum Gasteiger partial charge on any atom is -0.0178 e. The Balaban J connectivity index is 1.45. The SMILES string of the molecule is Cc1cc(C)cc(-c2cccc(-c3ccc(-c4cccc(-c5cc(C)cc(C)c5)c4)cc3)c2)c1. The van der Waals surface area contributed by atoms with Gasteiger partial charge in [-0.05, 0) is 84.3 Å². The average Bonchev–Trinajstić information content (AvgIpc) is 2.83. The van der Waals surface area contributed by atoms with Crippen molar-refractivity contribution in [3.63, 3.8) is 0 Å². The highest BCUT2D eigenvalue weighted by molar-refractivity contribution is 5.77. The van der Waals surface area contributed by atoms with Crippen molar-refractivity contribution in [2.45, 2.75) is 27.7 Å². The van der Waals surface area contributed by atoms with Gasteiger partial charge in [0.25, 0.3) is 0 Å². The first kappa shape index (κ1) is 21.9. The molecule has 0 heterocycles. The van der Waals surface area contributed by atoms with Crippen LogP contribution < -0.4 is 0 Å². The largest absolute Gasteiger partial charge is 0.0610 e. The van der Waals surface area contributed by atoms with Crippen LogP contribution in [-0.4, -0.2) is 0 Å². The topological polar surface area (TPSA) is 0 Å². The highest BCUT2D eigenvalue weighted by atomic mass is 14.1. The summed E-state index contributed by atoms with van der Waals surface area (Å²) in [4.78, 5) is 0. The average molecular weight is 439 g/mol. The van der Waals surface area contributed by atoms with E-state index in [2.05, 4.69) is 137 Å². The summed E-state index contributed by atoms with van der Waals surface area (Å²) >= 11 is 0. The Hall–Kier alpha value is -3.90. The molecular weight excluding hydrogens is 408 g/mol. The number of benzene rings is 5. The fraction of sp³-hybridized carbons (Fsp3) is 0.118. The molecule has 0 aliphatic carbocycles. The molecule has 0 atom stereocenters. The van der Waals surface area contributed by atoms with Crippen LogP contribution in [0.1, 0.15) is 22.3 Å². The molecule has 0 heteroatoms. The Morgan fingerprint density at radius 2 is 0.559 bits per heavy atom. The molecule has 0 N–H and O–H groups in total. The Bertz CT molecular complexity index is 1310. The summed E-state index contributed by atoms with van der Waals surface area (Å²) in [6, 6.07) is 40.1. The van der Waals surface area contributed by atoms with E-state index in [1.54, 1.807) is 0 Å². The molecule has 5 aromatic rings. The van der Waals surface area contributed by atoms with Crippen LogP contribution in [0.25, 0.3) is 44.5 Å². The van der Waals surface area contributed by atoms with E-state index >= 15 is 0 Å². The monoisotopic (exact) mass is 438 g/mol. The maximum absolute atomic E-state index is 2.30. The molecule has 5 rings (SSSR count). The standard InChI is InChI=1S/C34H30/c1-23-15-24(2)18-33(17-23)31-9-5-7-29(21-31)27-11-13-28(14-12-27)30-8-6-10-32(22-30)34-19-25(3)16-26(4)20-34/h5-22H,1-4H3. The van der Waals surface area contributed by atoms with Gasteiger partial charge in [0, 0.05) is 0 Å². The molecule has 0 saturated heterocycles. The molecule has 0 fully saturated rings. The molecule has 0 amide bonds. The molecule has 0 aliphatic heterocycles. The minimum atomic E-state index is 1.24. The summed E-state index contributed by atoms with van der Waals surface area (Å²) in [5.41, 5.74) is 15.2. The second-order valence-electron chi connectivity index (χ2n) is 9.49. The lowest BCUT2D eigenvalue weighted by Crippen LogP contribution is -1.86. The first-order chi connectivity index (χ1) is 16.4. The number of hydrogen-bond acceptors (Lipinski definition) is 0. The third kappa shape index (κ3) is 4.72. The van der Waals surface area contributed by atoms with E-state index in [4.69, 9.17) is 0 Å². The zero-order valence-electron chi connectivity index (χ0n) is 20.4. The van der Waals surface area contributed by atoms with Crippen molar-refractivity contribution < 1.29 is 0 Å². The highest BCUT2D eigenvalue weighted by Gasteiger charge is 2.06. The van der Waals surface area contributed by atoms with Crippen molar-refractivity contribution in [2.75, 3.05) is 0 Å². The Morgan fingerprint density at radius 1 is 0.265 bits per heavy atom. The molecule has 0 saturated carbocycles. The minimum Gasteiger partial charge on any atom is -0.0610 e. The zero-order valence-corrected chi connectivity index (χ0v) is 20.4. The van der Waals surface area contributed by atoms with E-state index in [1.165, 1.54) is 66.8 Å². The number of hydrogen-bond donors (Lipinski definition) is 0. The Labute approximate surface area is 203 Å². The summed E-state index contributed by atoms with van der Waals surface area (Å²) in [5.74, 6) is 0. The highest BCUT2D eigenvalue weighted by Crippen LogP contribution is 2.31. The fourth-order valence-electron chi connectivity index (χ4n) is 4.89. The Kier molecular flexibility index (Phi) is 5.90. The van der Waals surface area contributed by atoms with Gasteiger partial charge in [-0.25, -0.2) is 0 Å². The summed E-state index contributed by atoms with van der Waals surface area (Å²) in [6.45, 7) is 8.64. The van der Waals surface area contributed by atoms with E-state index in [0.717, 1.165) is 0 Å². The quantitative estimate of drug-likeness (QED) is 0.262. The van der Waals surface area contributed by atoms with Gasteiger partial charge in [0.1, 0.15) is 0 Å². The van der Waals surface area contributed by atoms with Gasteiger partial charge in [-0.3, -0.25) is 0 Å². The van der Waals surface area contributed by atoms with Gasteiger partial charge in [-0.2, -0.15) is 0 Å². The molecule has 166 valence electrons. The van der Waals surface area contributed by atoms with E-state index in [1.807, 2.05) is 0 Å². The van der Waals surface area contributed by atoms with Crippen molar-refractivity contribution in [1.82, 2.24) is 0 Å². The molecule has 0 unspecified atom stereocenters. The lowest BCUT2D eigenvalue weighted by atomic mass is 9.94. The summed E-state index contributed by atoms with van der Waals surface area (Å²) in [5, 5.41) is 0. The second-order valence-corrected chi connectivity index (χ2v) is 9.49. The van der Waals surface area contributed by atoms with Crippen LogP contribution in [0.5, 0.6) is 0 Å². The van der Waals surface area contributed by atoms with Crippen LogP contribution in [0.3, 0.4) is 0 Å². The van der Waals surface area contributed by atoms with Gasteiger partial charge < -0.3 is 0 Å². The summed E-state index contributed by atoms with van der Waals surface area (Å²) in [6.07, 6.45) is 0. The first-order valence-corrected chi connectivity index (χ1v) is 11.9. The van der Waals surface area contributed by atoms with Gasteiger partial charge >= 0.3 is 0 Å². The second kappa shape index (κ2) is 9.15. The van der Waals surface area contributed by atoms with Crippen LogP contribution in [0.4, 0.5) is 0 Å². The molecule has 5 aromatic carbocycles. The van der Waals surface area contributed by atoms with E-state index < -0.39 is 0 Å². The van der Waals surface area contributed by atoms with Gasteiger partial charge in [0.05, 0.1) is 0 Å². The smallest absolute Gasteiger partial charge is 0.0178 e. The summed E-state index contributed by atoms with van der Waals surface area (Å²) < 4.78 is 0. The van der Waals surface area contributed by atoms with E-state index in [9.17, 15) is 0 Å². The predicted molar refractivity (Wildman–Crippen MR) is 147 cm³/mol. The fourth-order valence-corrected chi connectivity index (χ4v) is 4.89. The third-order valence-corrected chi connectivity index (χ3v) is 6.39. The predicted octanol–water partition coefficient (Wildman–Crippen LogP) is 9.59. The molecule has 34 heavy (non-hydrogen) atoms. The van der Waals surface area contributed by atoms with Crippen molar-refractivity contribution in [1.29, 1.82) is 0 Å². The molecule has 0 radical (unpaired) electrons. The van der Waals surface area contributed by atoms with Gasteiger partial charge in [-0.15, -0.1) is 0 Å². The number of rotatable bonds is 4. The van der Waals surface area contributed by atoms with E-state index in [0.29, 0.717) is 0 Å². The Morgan fingerprint density at radius 3 is 0.882 bits per heavy atom. The van der Waals surface area contributed by atoms with Crippen LogP contribution >= 0.6 is 0 Å². The first-order valence-electron chi connectivity index (χ1n) is 11.9. The lowest BCUT2D eigenvalue weighted by molar-refractivity contribution is 1.38. The van der Waals surface area contributed by atoms with Gasteiger partial charge in [0.15, 0.2) is 0 Å². The number of aryl methyl sites for hydroxylation is 4. The van der Waals surface area contributed by atoms with Crippen LogP contribution in [0.15, 0.2) is 109 Å². The van der Waals surface area contributed by atoms with E-state index in [-0.39, 0.29) is 0 Å². The summed E-state index contributed by atoms with van der Waals surface area (Å²) in [7, 11) is 0. The van der Waals surface area contributed by atoms with Gasteiger partial charge in [-0.1, -0.05) is 119 Å². The van der Waals surface area contributed by atoms with Crippen molar-refractivity contribution >= 4 is 0 Å². The molecule has 0 bridgehead atoms. The molecule has 0 nitrogen and oxygen atoms in total. The van der Waals surface area contributed by atoms with Crippen LogP contribution in [0.2, 0.25) is 0 Å². The molecular formula is C34H30. The lowest BCUT2D eigenvalue weighted by Gasteiger charge is -2.10. The minimum absolute atomic E-state index is 1.24. The molecule has 0 aromatic heterocycles. The van der Waals surface area contributed by atoms with Crippen LogP contribution in [-0.2, 0) is 0 Å². The normalized spacial score (nSPS) is 10.9. The van der Waals surface area contributed by atoms with Crippen molar-refractivity contribution in [2.24, 2.45) is 0 Å². The van der Waals surface area contributed by atoms with Crippen molar-refractivity contribution in [3.05, 3.63) is 131 Å². The zero-order chi connectivity index (χ0) is 23.7. The molecule has 0 spiro atoms. The molecule has 0 aliphatic rings. The third-order valence-electron chi connectivity index (χ3n) is 6.39. The maximum atomic E-state index is 2.30.